The Morgan fingerprint density at radius 2 is 1.68 bits per heavy atom. The Labute approximate surface area is 184 Å². The topological polar surface area (TPSA) is 71.5 Å². The molecule has 0 fully saturated rings. The van der Waals surface area contributed by atoms with Crippen LogP contribution in [0.5, 0.6) is 5.75 Å². The molecule has 3 aromatic rings. The van der Waals surface area contributed by atoms with E-state index in [2.05, 4.69) is 52.8 Å². The second-order valence-electron chi connectivity index (χ2n) is 7.59. The van der Waals surface area contributed by atoms with E-state index in [0.29, 0.717) is 0 Å². The molecule has 0 amide bonds. The van der Waals surface area contributed by atoms with Gasteiger partial charge >= 0.3 is 0 Å². The third-order valence-electron chi connectivity index (χ3n) is 5.15. The van der Waals surface area contributed by atoms with Crippen LogP contribution < -0.4 is 10.1 Å². The van der Waals surface area contributed by atoms with Crippen molar-refractivity contribution in [3.05, 3.63) is 89.1 Å². The van der Waals surface area contributed by atoms with Crippen molar-refractivity contribution in [3.8, 4) is 5.75 Å². The third-order valence-corrected chi connectivity index (χ3v) is 5.15. The van der Waals surface area contributed by atoms with Gasteiger partial charge in [-0.05, 0) is 78.6 Å². The number of carboxylic acids is 1. The number of aromatic nitrogens is 1. The highest BCUT2D eigenvalue weighted by atomic mass is 16.5. The van der Waals surface area contributed by atoms with E-state index in [1.54, 1.807) is 0 Å². The number of rotatable bonds is 7. The molecule has 0 bridgehead atoms. The van der Waals surface area contributed by atoms with Gasteiger partial charge in [0.1, 0.15) is 11.6 Å². The zero-order chi connectivity index (χ0) is 21.9. The van der Waals surface area contributed by atoms with Gasteiger partial charge in [-0.2, -0.15) is 0 Å². The Hall–Kier alpha value is -3.34. The summed E-state index contributed by atoms with van der Waals surface area (Å²) < 4.78 is 6.01. The van der Waals surface area contributed by atoms with Crippen LogP contribution >= 0.6 is 0 Å². The first-order chi connectivity index (χ1) is 15.1. The third kappa shape index (κ3) is 7.45. The monoisotopic (exact) mass is 418 g/mol. The number of unbranched alkanes of at least 4 members (excludes halogenated alkanes) is 1. The number of fused-ring (bicyclic) bond motifs is 2. The van der Waals surface area contributed by atoms with Crippen LogP contribution in [0.25, 0.3) is 0 Å². The fraction of sp³-hybridized carbons (Fsp3) is 0.308. The van der Waals surface area contributed by atoms with Crippen LogP contribution in [0.4, 0.5) is 5.82 Å². The second kappa shape index (κ2) is 11.7. The summed E-state index contributed by atoms with van der Waals surface area (Å²) in [5.74, 6) is 1.09. The lowest BCUT2D eigenvalue weighted by molar-refractivity contribution is -0.134. The van der Waals surface area contributed by atoms with Gasteiger partial charge in [-0.3, -0.25) is 4.79 Å². The molecule has 1 aromatic heterocycles. The molecule has 31 heavy (non-hydrogen) atoms. The summed E-state index contributed by atoms with van der Waals surface area (Å²) in [6.07, 6.45) is 7.16. The zero-order valence-electron chi connectivity index (χ0n) is 18.0. The molecule has 1 aliphatic rings. The molecule has 0 atom stereocenters. The Morgan fingerprint density at radius 1 is 0.968 bits per heavy atom. The van der Waals surface area contributed by atoms with Gasteiger partial charge < -0.3 is 15.2 Å². The summed E-state index contributed by atoms with van der Waals surface area (Å²) in [6.45, 7) is 2.75. The van der Waals surface area contributed by atoms with Gasteiger partial charge in [0.2, 0.25) is 0 Å². The number of benzene rings is 2. The van der Waals surface area contributed by atoms with Crippen molar-refractivity contribution in [1.82, 2.24) is 4.98 Å². The molecule has 1 heterocycles. The molecular formula is C26H30N2O3. The van der Waals surface area contributed by atoms with Gasteiger partial charge in [0, 0.05) is 19.7 Å². The Morgan fingerprint density at radius 3 is 2.42 bits per heavy atom. The van der Waals surface area contributed by atoms with E-state index < -0.39 is 5.97 Å². The van der Waals surface area contributed by atoms with E-state index >= 15 is 0 Å². The first-order valence-electron chi connectivity index (χ1n) is 10.8. The maximum Gasteiger partial charge on any atom is 0.300 e. The lowest BCUT2D eigenvalue weighted by atomic mass is 10.0. The lowest BCUT2D eigenvalue weighted by Gasteiger charge is -2.11. The number of carboxylic acid groups (broad SMARTS) is 1. The average molecular weight is 419 g/mol. The smallest absolute Gasteiger partial charge is 0.300 e. The molecule has 0 aliphatic heterocycles. The summed E-state index contributed by atoms with van der Waals surface area (Å²) in [7, 11) is 0. The molecule has 4 rings (SSSR count). The van der Waals surface area contributed by atoms with Crippen LogP contribution in [0.2, 0.25) is 0 Å². The van der Waals surface area contributed by atoms with Crippen LogP contribution in [0.3, 0.4) is 0 Å². The molecule has 162 valence electrons. The zero-order valence-corrected chi connectivity index (χ0v) is 18.0. The number of hydrogen-bond acceptors (Lipinski definition) is 4. The highest BCUT2D eigenvalue weighted by molar-refractivity contribution is 5.63. The molecule has 5 nitrogen and oxygen atoms in total. The second-order valence-corrected chi connectivity index (χ2v) is 7.59. The van der Waals surface area contributed by atoms with E-state index in [9.17, 15) is 0 Å². The van der Waals surface area contributed by atoms with Crippen molar-refractivity contribution in [1.29, 1.82) is 0 Å². The molecule has 0 saturated carbocycles. The summed E-state index contributed by atoms with van der Waals surface area (Å²) in [4.78, 5) is 13.3. The van der Waals surface area contributed by atoms with Crippen LogP contribution in [0.15, 0.2) is 66.9 Å². The number of aliphatic carboxylic acids is 1. The Kier molecular flexibility index (Phi) is 8.47. The van der Waals surface area contributed by atoms with Gasteiger partial charge in [-0.25, -0.2) is 4.98 Å². The predicted molar refractivity (Wildman–Crippen MR) is 124 cm³/mol. The highest BCUT2D eigenvalue weighted by Crippen LogP contribution is 2.27. The van der Waals surface area contributed by atoms with Gasteiger partial charge in [0.05, 0.1) is 6.61 Å². The molecule has 2 N–H and O–H groups in total. The summed E-state index contributed by atoms with van der Waals surface area (Å²) in [5.41, 5.74) is 5.80. The maximum atomic E-state index is 9.00. The van der Waals surface area contributed by atoms with E-state index in [1.165, 1.54) is 22.3 Å². The van der Waals surface area contributed by atoms with Gasteiger partial charge in [0.15, 0.2) is 0 Å². The minimum atomic E-state index is -0.833. The van der Waals surface area contributed by atoms with Crippen molar-refractivity contribution >= 4 is 11.8 Å². The van der Waals surface area contributed by atoms with Crippen molar-refractivity contribution < 1.29 is 14.6 Å². The Balaban J connectivity index is 0.000000628. The maximum absolute atomic E-state index is 9.00. The Bertz CT molecular complexity index is 969. The van der Waals surface area contributed by atoms with Crippen molar-refractivity contribution in [2.24, 2.45) is 0 Å². The first-order valence-corrected chi connectivity index (χ1v) is 10.8. The van der Waals surface area contributed by atoms with Gasteiger partial charge in [-0.1, -0.05) is 36.4 Å². The molecule has 2 aromatic carbocycles. The molecule has 0 radical (unpaired) electrons. The number of anilines is 1. The van der Waals surface area contributed by atoms with Gasteiger partial charge in [-0.15, -0.1) is 0 Å². The van der Waals surface area contributed by atoms with E-state index in [1.807, 2.05) is 24.4 Å². The lowest BCUT2D eigenvalue weighted by Crippen LogP contribution is -2.06. The fourth-order valence-corrected chi connectivity index (χ4v) is 3.65. The fourth-order valence-electron chi connectivity index (χ4n) is 3.65. The quantitative estimate of drug-likeness (QED) is 0.520. The van der Waals surface area contributed by atoms with E-state index in [4.69, 9.17) is 14.6 Å². The summed E-state index contributed by atoms with van der Waals surface area (Å²) in [6, 6.07) is 21.3. The number of ether oxygens (including phenoxy) is 1. The average Bonchev–Trinajstić information content (AvgIpc) is 2.95. The standard InChI is InChI=1S/C24H26N2O.C2H4O2/c1-2-8-21-17-22-18-23(13-12-20(22)11-10-19(21)7-1)27-16-6-5-15-26-24-9-3-4-14-25-24;1-2(3)4/h1-4,7-9,12-14,18H,5-6,10-11,15-17H2,(H,25,26);1H3,(H,3,4). The van der Waals surface area contributed by atoms with Crippen LogP contribution in [0, 0.1) is 0 Å². The molecule has 0 saturated heterocycles. The molecule has 0 unspecified atom stereocenters. The predicted octanol–water partition coefficient (Wildman–Crippen LogP) is 5.13. The summed E-state index contributed by atoms with van der Waals surface area (Å²) in [5, 5.41) is 10.8. The highest BCUT2D eigenvalue weighted by Gasteiger charge is 2.13. The molecule has 5 heteroatoms. The summed E-state index contributed by atoms with van der Waals surface area (Å²) >= 11 is 0. The minimum Gasteiger partial charge on any atom is -0.494 e. The van der Waals surface area contributed by atoms with Crippen molar-refractivity contribution in [2.75, 3.05) is 18.5 Å². The van der Waals surface area contributed by atoms with E-state index in [-0.39, 0.29) is 0 Å². The van der Waals surface area contributed by atoms with Crippen LogP contribution in [-0.2, 0) is 24.1 Å². The van der Waals surface area contributed by atoms with Crippen LogP contribution in [0.1, 0.15) is 42.0 Å². The number of aryl methyl sites for hydroxylation is 2. The number of nitrogens with zero attached hydrogens (tertiary/aromatic N) is 1. The van der Waals surface area contributed by atoms with Crippen LogP contribution in [-0.4, -0.2) is 29.2 Å². The number of carbonyl (C=O) groups is 1. The van der Waals surface area contributed by atoms with Crippen molar-refractivity contribution in [3.63, 3.8) is 0 Å². The first kappa shape index (κ1) is 22.3. The SMILES string of the molecule is CC(=O)O.c1ccc(NCCCCOc2ccc3c(c2)Cc2ccccc2CC3)nc1. The molecule has 0 spiro atoms. The number of pyridine rings is 1. The van der Waals surface area contributed by atoms with E-state index in [0.717, 1.165) is 63.7 Å². The minimum absolute atomic E-state index is 0.749. The number of nitrogens with one attached hydrogen (secondary N) is 1. The normalized spacial score (nSPS) is 11.8. The number of hydrogen-bond donors (Lipinski definition) is 2. The largest absolute Gasteiger partial charge is 0.494 e. The van der Waals surface area contributed by atoms with Gasteiger partial charge in [0.25, 0.3) is 5.97 Å². The van der Waals surface area contributed by atoms with Crippen molar-refractivity contribution in [2.45, 2.75) is 39.0 Å². The molecule has 1 aliphatic carbocycles. The molecular weight excluding hydrogens is 388 g/mol.